The highest BCUT2D eigenvalue weighted by atomic mass is 32.2. The van der Waals surface area contributed by atoms with Gasteiger partial charge in [0.05, 0.1) is 0 Å². The van der Waals surface area contributed by atoms with Gasteiger partial charge in [-0.2, -0.15) is 0 Å². The second-order valence-corrected chi connectivity index (χ2v) is 7.13. The summed E-state index contributed by atoms with van der Waals surface area (Å²) in [6, 6.07) is 0.369. The Labute approximate surface area is 115 Å². The number of rotatable bonds is 4. The van der Waals surface area contributed by atoms with Gasteiger partial charge >= 0.3 is 0 Å². The van der Waals surface area contributed by atoms with E-state index in [1.54, 1.807) is 6.20 Å². The van der Waals surface area contributed by atoms with Crippen molar-refractivity contribution in [2.24, 2.45) is 11.1 Å². The summed E-state index contributed by atoms with van der Waals surface area (Å²) in [5.74, 6) is 1.54. The van der Waals surface area contributed by atoms with Crippen LogP contribution in [0.5, 0.6) is 0 Å². The Balaban J connectivity index is 2.34. The summed E-state index contributed by atoms with van der Waals surface area (Å²) in [6.45, 7) is 4.32. The van der Waals surface area contributed by atoms with E-state index in [9.17, 15) is 8.42 Å². The fourth-order valence-corrected chi connectivity index (χ4v) is 3.42. The van der Waals surface area contributed by atoms with E-state index in [0.717, 1.165) is 31.5 Å². The summed E-state index contributed by atoms with van der Waals surface area (Å²) >= 11 is 0. The van der Waals surface area contributed by atoms with Crippen molar-refractivity contribution < 1.29 is 8.42 Å². The standard InChI is InChI=1S/C13H23N3O2S/c1-3-5-12-15-13(19(14,17)18)9-16(12)11-7-4-6-10(2)8-11/h9-11H,3-8H2,1-2H3,(H2,14,17,18). The monoisotopic (exact) mass is 285 g/mol. The van der Waals surface area contributed by atoms with Gasteiger partial charge in [-0.05, 0) is 25.2 Å². The van der Waals surface area contributed by atoms with Gasteiger partial charge in [-0.25, -0.2) is 18.5 Å². The van der Waals surface area contributed by atoms with E-state index in [0.29, 0.717) is 12.0 Å². The molecule has 5 nitrogen and oxygen atoms in total. The molecule has 2 unspecified atom stereocenters. The molecule has 1 saturated carbocycles. The minimum atomic E-state index is -3.71. The molecule has 1 fully saturated rings. The normalized spacial score (nSPS) is 24.6. The quantitative estimate of drug-likeness (QED) is 0.921. The third-order valence-electron chi connectivity index (χ3n) is 3.85. The molecule has 19 heavy (non-hydrogen) atoms. The number of primary sulfonamides is 1. The molecule has 1 aromatic heterocycles. The Bertz CT molecular complexity index is 536. The molecule has 1 aromatic rings. The van der Waals surface area contributed by atoms with Crippen molar-refractivity contribution in [1.82, 2.24) is 9.55 Å². The van der Waals surface area contributed by atoms with Crippen LogP contribution in [0.15, 0.2) is 11.2 Å². The maximum absolute atomic E-state index is 11.5. The summed E-state index contributed by atoms with van der Waals surface area (Å²) in [7, 11) is -3.71. The van der Waals surface area contributed by atoms with Crippen LogP contribution in [-0.4, -0.2) is 18.0 Å². The molecule has 0 bridgehead atoms. The number of aryl methyl sites for hydroxylation is 1. The minimum Gasteiger partial charge on any atom is -0.330 e. The minimum absolute atomic E-state index is 0.00850. The van der Waals surface area contributed by atoms with Gasteiger partial charge in [-0.3, -0.25) is 0 Å². The number of hydrogen-bond acceptors (Lipinski definition) is 3. The van der Waals surface area contributed by atoms with Crippen LogP contribution in [-0.2, 0) is 16.4 Å². The van der Waals surface area contributed by atoms with Gasteiger partial charge in [-0.1, -0.05) is 26.7 Å². The Hall–Kier alpha value is -0.880. The number of nitrogens with zero attached hydrogens (tertiary/aromatic N) is 2. The lowest BCUT2D eigenvalue weighted by molar-refractivity contribution is 0.277. The zero-order chi connectivity index (χ0) is 14.0. The predicted octanol–water partition coefficient (Wildman–Crippen LogP) is 2.23. The van der Waals surface area contributed by atoms with Crippen LogP contribution >= 0.6 is 0 Å². The highest BCUT2D eigenvalue weighted by Crippen LogP contribution is 2.33. The summed E-state index contributed by atoms with van der Waals surface area (Å²) in [4.78, 5) is 4.22. The van der Waals surface area contributed by atoms with Gasteiger partial charge in [0.1, 0.15) is 5.82 Å². The molecule has 1 aliphatic rings. The first-order valence-electron chi connectivity index (χ1n) is 7.02. The van der Waals surface area contributed by atoms with Crippen molar-refractivity contribution >= 4 is 10.0 Å². The summed E-state index contributed by atoms with van der Waals surface area (Å²) in [5, 5.41) is 5.20. The van der Waals surface area contributed by atoms with E-state index in [-0.39, 0.29) is 5.03 Å². The molecule has 0 radical (unpaired) electrons. The Kier molecular flexibility index (Phi) is 4.30. The van der Waals surface area contributed by atoms with Crippen LogP contribution in [0, 0.1) is 5.92 Å². The first kappa shape index (κ1) is 14.5. The Morgan fingerprint density at radius 2 is 2.21 bits per heavy atom. The number of hydrogen-bond donors (Lipinski definition) is 1. The fraction of sp³-hybridized carbons (Fsp3) is 0.769. The molecule has 0 aromatic carbocycles. The second-order valence-electron chi connectivity index (χ2n) is 5.62. The molecular formula is C13H23N3O2S. The Morgan fingerprint density at radius 3 is 2.79 bits per heavy atom. The summed E-state index contributed by atoms with van der Waals surface area (Å²) in [6.07, 6.45) is 8.02. The molecule has 0 spiro atoms. The topological polar surface area (TPSA) is 78.0 Å². The van der Waals surface area contributed by atoms with Crippen molar-refractivity contribution in [3.8, 4) is 0 Å². The van der Waals surface area contributed by atoms with Crippen molar-refractivity contribution in [1.29, 1.82) is 0 Å². The summed E-state index contributed by atoms with van der Waals surface area (Å²) in [5.41, 5.74) is 0. The van der Waals surface area contributed by atoms with Crippen molar-refractivity contribution in [3.05, 3.63) is 12.0 Å². The molecule has 2 atom stereocenters. The molecule has 1 aliphatic carbocycles. The third-order valence-corrected chi connectivity index (χ3v) is 4.63. The predicted molar refractivity (Wildman–Crippen MR) is 74.3 cm³/mol. The van der Waals surface area contributed by atoms with Crippen LogP contribution in [0.4, 0.5) is 0 Å². The van der Waals surface area contributed by atoms with Crippen molar-refractivity contribution in [2.75, 3.05) is 0 Å². The average molecular weight is 285 g/mol. The van der Waals surface area contributed by atoms with Crippen LogP contribution in [0.3, 0.4) is 0 Å². The molecular weight excluding hydrogens is 262 g/mol. The fourth-order valence-electron chi connectivity index (χ4n) is 2.92. The molecule has 108 valence electrons. The van der Waals surface area contributed by atoms with Crippen molar-refractivity contribution in [2.45, 2.75) is 63.4 Å². The van der Waals surface area contributed by atoms with Crippen LogP contribution in [0.1, 0.15) is 57.8 Å². The van der Waals surface area contributed by atoms with E-state index in [1.165, 1.54) is 12.8 Å². The zero-order valence-electron chi connectivity index (χ0n) is 11.7. The molecule has 2 rings (SSSR count). The van der Waals surface area contributed by atoms with E-state index >= 15 is 0 Å². The van der Waals surface area contributed by atoms with Crippen LogP contribution in [0.2, 0.25) is 0 Å². The van der Waals surface area contributed by atoms with Gasteiger partial charge in [0.15, 0.2) is 5.03 Å². The molecule has 2 N–H and O–H groups in total. The van der Waals surface area contributed by atoms with Gasteiger partial charge in [0.25, 0.3) is 10.0 Å². The lowest BCUT2D eigenvalue weighted by Crippen LogP contribution is -2.19. The first-order chi connectivity index (χ1) is 8.91. The second kappa shape index (κ2) is 5.63. The highest BCUT2D eigenvalue weighted by Gasteiger charge is 2.24. The molecule has 1 heterocycles. The smallest absolute Gasteiger partial charge is 0.257 e. The molecule has 6 heteroatoms. The molecule has 0 saturated heterocycles. The van der Waals surface area contributed by atoms with Gasteiger partial charge in [0.2, 0.25) is 0 Å². The zero-order valence-corrected chi connectivity index (χ0v) is 12.5. The van der Waals surface area contributed by atoms with Crippen LogP contribution < -0.4 is 5.14 Å². The molecule has 0 aliphatic heterocycles. The van der Waals surface area contributed by atoms with E-state index in [1.807, 2.05) is 0 Å². The average Bonchev–Trinajstić information content (AvgIpc) is 2.73. The van der Waals surface area contributed by atoms with Crippen LogP contribution in [0.25, 0.3) is 0 Å². The third kappa shape index (κ3) is 3.36. The first-order valence-corrected chi connectivity index (χ1v) is 8.57. The van der Waals surface area contributed by atoms with E-state index in [4.69, 9.17) is 5.14 Å². The number of sulfonamides is 1. The largest absolute Gasteiger partial charge is 0.330 e. The van der Waals surface area contributed by atoms with Gasteiger partial charge < -0.3 is 4.57 Å². The Morgan fingerprint density at radius 1 is 1.47 bits per heavy atom. The maximum atomic E-state index is 11.5. The van der Waals surface area contributed by atoms with Crippen molar-refractivity contribution in [3.63, 3.8) is 0 Å². The number of aromatic nitrogens is 2. The number of imidazole rings is 1. The maximum Gasteiger partial charge on any atom is 0.257 e. The van der Waals surface area contributed by atoms with Gasteiger partial charge in [0, 0.05) is 18.7 Å². The molecule has 0 amide bonds. The SMILES string of the molecule is CCCc1nc(S(N)(=O)=O)cn1C1CCCC(C)C1. The lowest BCUT2D eigenvalue weighted by Gasteiger charge is -2.28. The van der Waals surface area contributed by atoms with E-state index in [2.05, 4.69) is 23.4 Å². The van der Waals surface area contributed by atoms with Gasteiger partial charge in [-0.15, -0.1) is 0 Å². The summed E-state index contributed by atoms with van der Waals surface area (Å²) < 4.78 is 25.0. The number of nitrogens with two attached hydrogens (primary N) is 1. The lowest BCUT2D eigenvalue weighted by atomic mass is 9.87. The highest BCUT2D eigenvalue weighted by molar-refractivity contribution is 7.89. The van der Waals surface area contributed by atoms with E-state index < -0.39 is 10.0 Å².